The molecule has 1 unspecified atom stereocenters. The van der Waals surface area contributed by atoms with Gasteiger partial charge in [0.2, 0.25) is 5.91 Å². The molecule has 104 valence electrons. The predicted octanol–water partition coefficient (Wildman–Crippen LogP) is 0.109. The first-order valence-corrected chi connectivity index (χ1v) is 6.81. The van der Waals surface area contributed by atoms with Crippen LogP contribution in [0.1, 0.15) is 31.2 Å². The maximum Gasteiger partial charge on any atom is 0.237 e. The van der Waals surface area contributed by atoms with Crippen LogP contribution in [0, 0.1) is 0 Å². The summed E-state index contributed by atoms with van der Waals surface area (Å²) >= 11 is 0. The largest absolute Gasteiger partial charge is 0.381 e. The molecule has 6 nitrogen and oxygen atoms in total. The average molecular weight is 264 g/mol. The number of hydrogen-bond donors (Lipinski definition) is 3. The lowest BCUT2D eigenvalue weighted by Gasteiger charge is -2.36. The Morgan fingerprint density at radius 1 is 1.53 bits per heavy atom. The van der Waals surface area contributed by atoms with Crippen LogP contribution in [0.3, 0.4) is 0 Å². The monoisotopic (exact) mass is 264 g/mol. The van der Waals surface area contributed by atoms with Gasteiger partial charge in [-0.05, 0) is 19.8 Å². The van der Waals surface area contributed by atoms with E-state index in [1.807, 2.05) is 0 Å². The first-order chi connectivity index (χ1) is 9.16. The molecule has 0 aromatic carbocycles. The lowest BCUT2D eigenvalue weighted by Crippen LogP contribution is -2.56. The van der Waals surface area contributed by atoms with Crippen LogP contribution in [0.5, 0.6) is 0 Å². The summed E-state index contributed by atoms with van der Waals surface area (Å²) in [6.45, 7) is 4.21. The Balaban J connectivity index is 1.62. The van der Waals surface area contributed by atoms with Crippen molar-refractivity contribution in [1.82, 2.24) is 20.6 Å². The van der Waals surface area contributed by atoms with Crippen LogP contribution in [0.4, 0.5) is 0 Å². The maximum atomic E-state index is 12.4. The molecule has 0 aliphatic carbocycles. The van der Waals surface area contributed by atoms with Crippen LogP contribution in [0.25, 0.3) is 0 Å². The van der Waals surface area contributed by atoms with E-state index in [0.717, 1.165) is 37.4 Å². The third-order valence-corrected chi connectivity index (χ3v) is 4.07. The Labute approximate surface area is 112 Å². The molecule has 1 amide bonds. The number of aromatic amines is 1. The number of aromatic nitrogens is 2. The fraction of sp³-hybridized carbons (Fsp3) is 0.692. The number of fused-ring (bicyclic) bond motifs is 1. The number of amides is 1. The van der Waals surface area contributed by atoms with Gasteiger partial charge in [0.05, 0.1) is 23.8 Å². The van der Waals surface area contributed by atoms with Gasteiger partial charge in [0.1, 0.15) is 0 Å². The molecule has 0 radical (unpaired) electrons. The van der Waals surface area contributed by atoms with Crippen molar-refractivity contribution in [2.75, 3.05) is 13.2 Å². The Kier molecular flexibility index (Phi) is 3.28. The quantitative estimate of drug-likeness (QED) is 0.708. The van der Waals surface area contributed by atoms with E-state index >= 15 is 0 Å². The summed E-state index contributed by atoms with van der Waals surface area (Å²) in [5.74, 6) is 0.0676. The first-order valence-electron chi connectivity index (χ1n) is 6.81. The highest BCUT2D eigenvalue weighted by Gasteiger charge is 2.33. The van der Waals surface area contributed by atoms with Crippen molar-refractivity contribution in [2.45, 2.75) is 44.3 Å². The van der Waals surface area contributed by atoms with Crippen LogP contribution in [-0.2, 0) is 22.5 Å². The van der Waals surface area contributed by atoms with Crippen LogP contribution in [-0.4, -0.2) is 40.7 Å². The third kappa shape index (κ3) is 2.64. The lowest BCUT2D eigenvalue weighted by atomic mass is 9.91. The summed E-state index contributed by atoms with van der Waals surface area (Å²) in [6.07, 6.45) is 4.09. The highest BCUT2D eigenvalue weighted by Crippen LogP contribution is 2.20. The topological polar surface area (TPSA) is 79.0 Å². The summed E-state index contributed by atoms with van der Waals surface area (Å²) in [6, 6.07) is -0.185. The second kappa shape index (κ2) is 4.94. The van der Waals surface area contributed by atoms with E-state index < -0.39 is 0 Å². The van der Waals surface area contributed by atoms with Crippen molar-refractivity contribution in [2.24, 2.45) is 0 Å². The maximum absolute atomic E-state index is 12.4. The minimum absolute atomic E-state index is 0.0676. The van der Waals surface area contributed by atoms with E-state index in [-0.39, 0.29) is 17.5 Å². The fourth-order valence-electron chi connectivity index (χ4n) is 2.69. The van der Waals surface area contributed by atoms with E-state index in [1.54, 1.807) is 6.33 Å². The van der Waals surface area contributed by atoms with Crippen LogP contribution >= 0.6 is 0 Å². The number of imidazole rings is 1. The lowest BCUT2D eigenvalue weighted by molar-refractivity contribution is -0.126. The molecular formula is C13H20N4O2. The molecule has 19 heavy (non-hydrogen) atoms. The summed E-state index contributed by atoms with van der Waals surface area (Å²) in [7, 11) is 0. The molecule has 1 aromatic heterocycles. The van der Waals surface area contributed by atoms with Gasteiger partial charge in [-0.1, -0.05) is 0 Å². The van der Waals surface area contributed by atoms with Gasteiger partial charge in [-0.15, -0.1) is 0 Å². The van der Waals surface area contributed by atoms with Gasteiger partial charge in [-0.25, -0.2) is 4.98 Å². The molecule has 6 heteroatoms. The van der Waals surface area contributed by atoms with E-state index in [4.69, 9.17) is 4.74 Å². The molecule has 3 heterocycles. The number of carbonyl (C=O) groups excluding carboxylic acids is 1. The van der Waals surface area contributed by atoms with E-state index in [0.29, 0.717) is 13.0 Å². The summed E-state index contributed by atoms with van der Waals surface area (Å²) in [5.41, 5.74) is 1.94. The number of ether oxygens (including phenoxy) is 1. The molecule has 2 aliphatic rings. The molecule has 0 bridgehead atoms. The minimum Gasteiger partial charge on any atom is -0.381 e. The zero-order valence-corrected chi connectivity index (χ0v) is 11.2. The highest BCUT2D eigenvalue weighted by atomic mass is 16.5. The molecule has 3 rings (SSSR count). The Morgan fingerprint density at radius 3 is 3.11 bits per heavy atom. The van der Waals surface area contributed by atoms with Crippen LogP contribution in [0.2, 0.25) is 0 Å². The Morgan fingerprint density at radius 2 is 2.32 bits per heavy atom. The number of hydrogen-bond acceptors (Lipinski definition) is 4. The number of nitrogens with zero attached hydrogens (tertiary/aromatic N) is 1. The van der Waals surface area contributed by atoms with E-state index in [2.05, 4.69) is 27.5 Å². The van der Waals surface area contributed by atoms with E-state index in [1.165, 1.54) is 0 Å². The average Bonchev–Trinajstić information content (AvgIpc) is 2.86. The van der Waals surface area contributed by atoms with Crippen molar-refractivity contribution in [3.05, 3.63) is 17.7 Å². The second-order valence-electron chi connectivity index (χ2n) is 5.63. The first kappa shape index (κ1) is 12.6. The number of H-pyrrole nitrogens is 1. The van der Waals surface area contributed by atoms with Crippen molar-refractivity contribution in [1.29, 1.82) is 0 Å². The van der Waals surface area contributed by atoms with E-state index in [9.17, 15) is 4.79 Å². The van der Waals surface area contributed by atoms with Gasteiger partial charge in [-0.2, -0.15) is 0 Å². The molecule has 0 saturated carbocycles. The second-order valence-corrected chi connectivity index (χ2v) is 5.63. The third-order valence-electron chi connectivity index (χ3n) is 4.07. The molecule has 1 fully saturated rings. The van der Waals surface area contributed by atoms with Crippen LogP contribution < -0.4 is 10.6 Å². The molecular weight excluding hydrogens is 244 g/mol. The Bertz CT molecular complexity index is 465. The number of carbonyl (C=O) groups is 1. The normalized spacial score (nSPS) is 25.6. The predicted molar refractivity (Wildman–Crippen MR) is 69.5 cm³/mol. The van der Waals surface area contributed by atoms with Gasteiger partial charge in [0.15, 0.2) is 0 Å². The van der Waals surface area contributed by atoms with Gasteiger partial charge < -0.3 is 15.0 Å². The molecule has 0 spiro atoms. The van der Waals surface area contributed by atoms with Crippen LogP contribution in [0.15, 0.2) is 6.33 Å². The van der Waals surface area contributed by atoms with Crippen molar-refractivity contribution in [3.8, 4) is 0 Å². The molecule has 1 saturated heterocycles. The smallest absolute Gasteiger partial charge is 0.237 e. The standard InChI is InChI=1S/C13H20N4O2/c1-13(2-4-19-5-3-13)17-12(18)10-6-9-11(7-14-10)16-8-15-9/h8,10,14H,2-7H2,1H3,(H,15,16)(H,17,18). The zero-order chi connectivity index (χ0) is 13.3. The van der Waals surface area contributed by atoms with Gasteiger partial charge in [-0.3, -0.25) is 10.1 Å². The van der Waals surface area contributed by atoms with Crippen molar-refractivity contribution in [3.63, 3.8) is 0 Å². The van der Waals surface area contributed by atoms with Gasteiger partial charge >= 0.3 is 0 Å². The van der Waals surface area contributed by atoms with Crippen molar-refractivity contribution >= 4 is 5.91 Å². The molecule has 2 aliphatic heterocycles. The van der Waals surface area contributed by atoms with Gasteiger partial charge in [0, 0.05) is 31.7 Å². The molecule has 1 aromatic rings. The molecule has 1 atom stereocenters. The summed E-state index contributed by atoms with van der Waals surface area (Å²) in [4.78, 5) is 19.7. The SMILES string of the molecule is CC1(NC(=O)C2Cc3nc[nH]c3CN2)CCOCC1. The summed E-state index contributed by atoms with van der Waals surface area (Å²) < 4.78 is 5.35. The van der Waals surface area contributed by atoms with Gasteiger partial charge in [0.25, 0.3) is 0 Å². The highest BCUT2D eigenvalue weighted by molar-refractivity contribution is 5.83. The van der Waals surface area contributed by atoms with Crippen molar-refractivity contribution < 1.29 is 9.53 Å². The molecule has 3 N–H and O–H groups in total. The number of rotatable bonds is 2. The summed E-state index contributed by atoms with van der Waals surface area (Å²) in [5, 5.41) is 6.42. The Hall–Kier alpha value is -1.40. The minimum atomic E-state index is -0.185. The number of nitrogens with one attached hydrogen (secondary N) is 3. The zero-order valence-electron chi connectivity index (χ0n) is 11.2. The fourth-order valence-corrected chi connectivity index (χ4v) is 2.69.